The number of rotatable bonds is 6. The van der Waals surface area contributed by atoms with Crippen LogP contribution in [0.3, 0.4) is 0 Å². The molecule has 0 saturated heterocycles. The van der Waals surface area contributed by atoms with Crippen molar-refractivity contribution in [2.75, 3.05) is 0 Å². The summed E-state index contributed by atoms with van der Waals surface area (Å²) >= 11 is 1.11. The topological polar surface area (TPSA) is 72.0 Å². The van der Waals surface area contributed by atoms with Gasteiger partial charge in [0.15, 0.2) is 10.9 Å². The molecule has 1 N–H and O–H groups in total. The van der Waals surface area contributed by atoms with Crippen LogP contribution in [0.1, 0.15) is 20.7 Å². The van der Waals surface area contributed by atoms with E-state index in [2.05, 4.69) is 15.3 Å². The molecular formula is C19H15N3O2S. The summed E-state index contributed by atoms with van der Waals surface area (Å²) in [6, 6.07) is 19.3. The lowest BCUT2D eigenvalue weighted by Crippen LogP contribution is -2.38. The number of nitrogens with one attached hydrogen (secondary N) is 1. The summed E-state index contributed by atoms with van der Waals surface area (Å²) in [6.07, 6.45) is 3.19. The van der Waals surface area contributed by atoms with Gasteiger partial charge in [0.05, 0.1) is 0 Å². The van der Waals surface area contributed by atoms with Crippen LogP contribution in [0.2, 0.25) is 0 Å². The zero-order valence-corrected chi connectivity index (χ0v) is 14.0. The van der Waals surface area contributed by atoms with Gasteiger partial charge in [0.25, 0.3) is 5.91 Å². The molecule has 25 heavy (non-hydrogen) atoms. The van der Waals surface area contributed by atoms with E-state index in [4.69, 9.17) is 0 Å². The van der Waals surface area contributed by atoms with E-state index in [1.54, 1.807) is 67.0 Å². The normalized spacial score (nSPS) is 11.5. The first-order valence-electron chi connectivity index (χ1n) is 7.63. The average Bonchev–Trinajstić information content (AvgIpc) is 2.69. The quantitative estimate of drug-likeness (QED) is 0.320. The number of aromatic nitrogens is 2. The van der Waals surface area contributed by atoms with Crippen LogP contribution < -0.4 is 5.32 Å². The highest BCUT2D eigenvalue weighted by Crippen LogP contribution is 2.21. The van der Waals surface area contributed by atoms with Crippen molar-refractivity contribution in [1.29, 1.82) is 0 Å². The largest absolute Gasteiger partial charge is 0.333 e. The van der Waals surface area contributed by atoms with E-state index in [1.807, 2.05) is 12.1 Å². The molecular weight excluding hydrogens is 334 g/mol. The molecule has 1 amide bonds. The van der Waals surface area contributed by atoms with Gasteiger partial charge in [0, 0.05) is 23.5 Å². The molecule has 124 valence electrons. The van der Waals surface area contributed by atoms with Gasteiger partial charge in [-0.1, -0.05) is 60.3 Å². The van der Waals surface area contributed by atoms with E-state index >= 15 is 0 Å². The molecule has 6 heteroatoms. The minimum atomic E-state index is -0.822. The number of hydrogen-bond donors (Lipinski definition) is 1. The van der Waals surface area contributed by atoms with Crippen LogP contribution in [0, 0.1) is 0 Å². The highest BCUT2D eigenvalue weighted by atomic mass is 32.2. The fourth-order valence-electron chi connectivity index (χ4n) is 2.15. The van der Waals surface area contributed by atoms with Gasteiger partial charge in [-0.05, 0) is 18.2 Å². The van der Waals surface area contributed by atoms with E-state index < -0.39 is 5.37 Å². The Morgan fingerprint density at radius 3 is 1.96 bits per heavy atom. The van der Waals surface area contributed by atoms with E-state index in [0.29, 0.717) is 16.3 Å². The molecule has 0 fully saturated rings. The highest BCUT2D eigenvalue weighted by molar-refractivity contribution is 8.00. The molecule has 5 nitrogen and oxygen atoms in total. The van der Waals surface area contributed by atoms with Gasteiger partial charge >= 0.3 is 0 Å². The smallest absolute Gasteiger partial charge is 0.252 e. The van der Waals surface area contributed by atoms with Crippen molar-refractivity contribution in [3.05, 3.63) is 90.3 Å². The number of carbonyl (C=O) groups excluding carboxylic acids is 2. The monoisotopic (exact) mass is 349 g/mol. The summed E-state index contributed by atoms with van der Waals surface area (Å²) in [4.78, 5) is 33.5. The van der Waals surface area contributed by atoms with Crippen LogP contribution in [0.15, 0.2) is 84.3 Å². The SMILES string of the molecule is O=C(N[C@@H](Sc1ncccn1)C(=O)c1ccccc1)c1ccccc1. The van der Waals surface area contributed by atoms with Gasteiger partial charge in [0.1, 0.15) is 5.37 Å². The summed E-state index contributed by atoms with van der Waals surface area (Å²) in [6.45, 7) is 0. The Kier molecular flexibility index (Phi) is 5.53. The minimum Gasteiger partial charge on any atom is -0.333 e. The number of ketones is 1. The molecule has 0 unspecified atom stereocenters. The zero-order chi connectivity index (χ0) is 17.5. The first-order valence-corrected chi connectivity index (χ1v) is 8.51. The molecule has 1 atom stereocenters. The van der Waals surface area contributed by atoms with Crippen molar-refractivity contribution in [2.45, 2.75) is 10.5 Å². The Hall–Kier alpha value is -2.99. The number of hydrogen-bond acceptors (Lipinski definition) is 5. The summed E-state index contributed by atoms with van der Waals surface area (Å²) in [7, 11) is 0. The molecule has 0 saturated carbocycles. The number of carbonyl (C=O) groups is 2. The zero-order valence-electron chi connectivity index (χ0n) is 13.2. The Balaban J connectivity index is 1.83. The molecule has 0 aliphatic rings. The molecule has 0 spiro atoms. The molecule has 0 bridgehead atoms. The van der Waals surface area contributed by atoms with Crippen LogP contribution in [0.25, 0.3) is 0 Å². The highest BCUT2D eigenvalue weighted by Gasteiger charge is 2.24. The Morgan fingerprint density at radius 1 is 0.800 bits per heavy atom. The van der Waals surface area contributed by atoms with Gasteiger partial charge in [-0.2, -0.15) is 0 Å². The van der Waals surface area contributed by atoms with E-state index in [9.17, 15) is 9.59 Å². The predicted molar refractivity (Wildman–Crippen MR) is 96.4 cm³/mol. The van der Waals surface area contributed by atoms with Crippen molar-refractivity contribution in [3.63, 3.8) is 0 Å². The number of benzene rings is 2. The molecule has 1 aromatic heterocycles. The Bertz CT molecular complexity index is 842. The van der Waals surface area contributed by atoms with Crippen molar-refractivity contribution in [3.8, 4) is 0 Å². The van der Waals surface area contributed by atoms with E-state index in [1.165, 1.54) is 0 Å². The van der Waals surface area contributed by atoms with Gasteiger partial charge in [-0.3, -0.25) is 9.59 Å². The summed E-state index contributed by atoms with van der Waals surface area (Å²) in [5.41, 5.74) is 1.01. The van der Waals surface area contributed by atoms with Crippen LogP contribution in [0.5, 0.6) is 0 Å². The molecule has 3 aromatic rings. The maximum absolute atomic E-state index is 12.8. The number of Topliss-reactive ketones (excluding diaryl/α,β-unsaturated/α-hetero) is 1. The fourth-order valence-corrected chi connectivity index (χ4v) is 3.01. The predicted octanol–water partition coefficient (Wildman–Crippen LogP) is 3.21. The summed E-state index contributed by atoms with van der Waals surface area (Å²) in [5.74, 6) is -0.527. The van der Waals surface area contributed by atoms with E-state index in [-0.39, 0.29) is 11.7 Å². The van der Waals surface area contributed by atoms with Crippen LogP contribution in [-0.2, 0) is 0 Å². The summed E-state index contributed by atoms with van der Waals surface area (Å²) in [5, 5.41) is 2.37. The average molecular weight is 349 g/mol. The van der Waals surface area contributed by atoms with Gasteiger partial charge in [0.2, 0.25) is 0 Å². The van der Waals surface area contributed by atoms with Crippen LogP contribution in [0.4, 0.5) is 0 Å². The van der Waals surface area contributed by atoms with E-state index in [0.717, 1.165) is 11.8 Å². The molecule has 1 heterocycles. The first kappa shape index (κ1) is 16.9. The third-order valence-electron chi connectivity index (χ3n) is 3.36. The molecule has 0 aliphatic heterocycles. The van der Waals surface area contributed by atoms with Crippen molar-refractivity contribution in [1.82, 2.24) is 15.3 Å². The second kappa shape index (κ2) is 8.21. The Morgan fingerprint density at radius 2 is 1.36 bits per heavy atom. The molecule has 3 rings (SSSR count). The van der Waals surface area contributed by atoms with Crippen LogP contribution in [-0.4, -0.2) is 27.0 Å². The number of amides is 1. The standard InChI is InChI=1S/C19H15N3O2S/c23-16(14-8-3-1-4-9-14)18(25-19-20-12-7-13-21-19)22-17(24)15-10-5-2-6-11-15/h1-13,18H,(H,22,24)/t18-/m0/s1. The molecule has 0 radical (unpaired) electrons. The lowest BCUT2D eigenvalue weighted by Gasteiger charge is -2.16. The van der Waals surface area contributed by atoms with Crippen LogP contribution >= 0.6 is 11.8 Å². The van der Waals surface area contributed by atoms with Gasteiger partial charge in [-0.15, -0.1) is 0 Å². The third kappa shape index (κ3) is 4.51. The maximum atomic E-state index is 12.8. The fraction of sp³-hybridized carbons (Fsp3) is 0.0526. The summed E-state index contributed by atoms with van der Waals surface area (Å²) < 4.78 is 0. The maximum Gasteiger partial charge on any atom is 0.252 e. The minimum absolute atomic E-state index is 0.206. The lowest BCUT2D eigenvalue weighted by atomic mass is 10.1. The second-order valence-electron chi connectivity index (χ2n) is 5.10. The third-order valence-corrected chi connectivity index (χ3v) is 4.35. The molecule has 2 aromatic carbocycles. The first-order chi connectivity index (χ1) is 12.2. The number of nitrogens with zero attached hydrogens (tertiary/aromatic N) is 2. The second-order valence-corrected chi connectivity index (χ2v) is 6.17. The van der Waals surface area contributed by atoms with Crippen molar-refractivity contribution in [2.24, 2.45) is 0 Å². The molecule has 0 aliphatic carbocycles. The Labute approximate surface area is 149 Å². The van der Waals surface area contributed by atoms with Crippen molar-refractivity contribution < 1.29 is 9.59 Å². The number of thioether (sulfide) groups is 1. The van der Waals surface area contributed by atoms with Gasteiger partial charge < -0.3 is 5.32 Å². The lowest BCUT2D eigenvalue weighted by molar-refractivity contribution is 0.0892. The van der Waals surface area contributed by atoms with Crippen molar-refractivity contribution >= 4 is 23.5 Å². The van der Waals surface area contributed by atoms with Gasteiger partial charge in [-0.25, -0.2) is 9.97 Å².